The van der Waals surface area contributed by atoms with Gasteiger partial charge in [-0.25, -0.2) is 0 Å². The van der Waals surface area contributed by atoms with Gasteiger partial charge in [0, 0.05) is 39.3 Å². The lowest BCUT2D eigenvalue weighted by molar-refractivity contribution is 0.0963. The Morgan fingerprint density at radius 3 is 2.64 bits per heavy atom. The summed E-state index contributed by atoms with van der Waals surface area (Å²) in [5, 5.41) is 9.29. The van der Waals surface area contributed by atoms with Gasteiger partial charge in [0.05, 0.1) is 0 Å². The lowest BCUT2D eigenvalue weighted by Crippen LogP contribution is -2.42. The number of hydrogen-bond acceptors (Lipinski definition) is 3. The summed E-state index contributed by atoms with van der Waals surface area (Å²) in [6, 6.07) is 7.61. The Kier molecular flexibility index (Phi) is 10.5. The van der Waals surface area contributed by atoms with Crippen molar-refractivity contribution in [3.05, 3.63) is 35.4 Å². The minimum Gasteiger partial charge on any atom is -0.355 e. The van der Waals surface area contributed by atoms with E-state index in [1.165, 1.54) is 32.4 Å². The van der Waals surface area contributed by atoms with Crippen LogP contribution in [0.1, 0.15) is 35.2 Å². The van der Waals surface area contributed by atoms with Crippen molar-refractivity contribution in [2.45, 2.75) is 25.8 Å². The van der Waals surface area contributed by atoms with Crippen molar-refractivity contribution in [2.24, 2.45) is 4.99 Å². The molecule has 1 aromatic carbocycles. The maximum absolute atomic E-state index is 11.7. The van der Waals surface area contributed by atoms with Gasteiger partial charge in [-0.05, 0) is 43.6 Å². The van der Waals surface area contributed by atoms with Crippen LogP contribution in [-0.4, -0.2) is 57.0 Å². The highest BCUT2D eigenvalue weighted by Crippen LogP contribution is 2.07. The second kappa shape index (κ2) is 12.1. The predicted octanol–water partition coefficient (Wildman–Crippen LogP) is 1.82. The average molecular weight is 459 g/mol. The van der Waals surface area contributed by atoms with Gasteiger partial charge in [0.25, 0.3) is 5.91 Å². The first kappa shape index (κ1) is 21.7. The van der Waals surface area contributed by atoms with Crippen molar-refractivity contribution in [1.29, 1.82) is 0 Å². The van der Waals surface area contributed by atoms with Crippen molar-refractivity contribution in [3.63, 3.8) is 0 Å². The molecule has 0 radical (unpaired) electrons. The van der Waals surface area contributed by atoms with Gasteiger partial charge in [-0.15, -0.1) is 24.0 Å². The SMILES string of the molecule is CN=C(NCCN1CCCCC1)NCc1cccc(C(=O)NC)c1.I. The molecule has 0 aromatic heterocycles. The van der Waals surface area contributed by atoms with Crippen molar-refractivity contribution < 1.29 is 4.79 Å². The highest BCUT2D eigenvalue weighted by molar-refractivity contribution is 14.0. The Balaban J connectivity index is 0.00000312. The zero-order valence-electron chi connectivity index (χ0n) is 15.2. The van der Waals surface area contributed by atoms with Crippen LogP contribution in [0.3, 0.4) is 0 Å². The van der Waals surface area contributed by atoms with Gasteiger partial charge in [0.2, 0.25) is 0 Å². The summed E-state index contributed by atoms with van der Waals surface area (Å²) in [5.41, 5.74) is 1.72. The molecule has 1 aliphatic heterocycles. The van der Waals surface area contributed by atoms with Gasteiger partial charge in [0.1, 0.15) is 0 Å². The summed E-state index contributed by atoms with van der Waals surface area (Å²) in [5.74, 6) is 0.721. The van der Waals surface area contributed by atoms with Crippen molar-refractivity contribution in [2.75, 3.05) is 40.3 Å². The summed E-state index contributed by atoms with van der Waals surface area (Å²) in [7, 11) is 3.42. The quantitative estimate of drug-likeness (QED) is 0.345. The molecular weight excluding hydrogens is 429 g/mol. The summed E-state index contributed by atoms with van der Waals surface area (Å²) in [4.78, 5) is 18.4. The molecule has 1 heterocycles. The molecule has 6 nitrogen and oxygen atoms in total. The van der Waals surface area contributed by atoms with E-state index in [-0.39, 0.29) is 29.9 Å². The van der Waals surface area contributed by atoms with Crippen LogP contribution in [0.15, 0.2) is 29.3 Å². The van der Waals surface area contributed by atoms with E-state index >= 15 is 0 Å². The van der Waals surface area contributed by atoms with Crippen LogP contribution >= 0.6 is 24.0 Å². The molecule has 0 saturated carbocycles. The van der Waals surface area contributed by atoms with Crippen molar-refractivity contribution >= 4 is 35.8 Å². The molecule has 1 aliphatic rings. The number of guanidine groups is 1. The number of nitrogens with one attached hydrogen (secondary N) is 3. The lowest BCUT2D eigenvalue weighted by Gasteiger charge is -2.26. The van der Waals surface area contributed by atoms with Gasteiger partial charge in [-0.1, -0.05) is 18.6 Å². The van der Waals surface area contributed by atoms with Gasteiger partial charge in [-0.3, -0.25) is 9.79 Å². The lowest BCUT2D eigenvalue weighted by atomic mass is 10.1. The third kappa shape index (κ3) is 7.60. The highest BCUT2D eigenvalue weighted by Gasteiger charge is 2.09. The minimum absolute atomic E-state index is 0. The van der Waals surface area contributed by atoms with Crippen LogP contribution in [0.25, 0.3) is 0 Å². The first-order chi connectivity index (χ1) is 11.7. The van der Waals surface area contributed by atoms with Crippen molar-refractivity contribution in [3.8, 4) is 0 Å². The molecule has 0 unspecified atom stereocenters. The normalized spacial score (nSPS) is 15.2. The number of aliphatic imine (C=N–C) groups is 1. The van der Waals surface area contributed by atoms with Gasteiger partial charge in [-0.2, -0.15) is 0 Å². The number of carbonyl (C=O) groups excluding carboxylic acids is 1. The maximum Gasteiger partial charge on any atom is 0.251 e. The number of rotatable bonds is 6. The molecule has 0 atom stereocenters. The highest BCUT2D eigenvalue weighted by atomic mass is 127. The molecule has 1 saturated heterocycles. The second-order valence-electron chi connectivity index (χ2n) is 6.03. The van der Waals surface area contributed by atoms with Crippen LogP contribution in [-0.2, 0) is 6.54 Å². The van der Waals surface area contributed by atoms with Crippen molar-refractivity contribution in [1.82, 2.24) is 20.9 Å². The van der Waals surface area contributed by atoms with Gasteiger partial charge < -0.3 is 20.9 Å². The van der Waals surface area contributed by atoms with Crippen LogP contribution in [0.4, 0.5) is 0 Å². The third-order valence-corrected chi connectivity index (χ3v) is 4.27. The van der Waals surface area contributed by atoms with Gasteiger partial charge >= 0.3 is 0 Å². The first-order valence-electron chi connectivity index (χ1n) is 8.71. The number of benzene rings is 1. The van der Waals surface area contributed by atoms with E-state index in [2.05, 4.69) is 25.8 Å². The van der Waals surface area contributed by atoms with Crippen LogP contribution in [0.2, 0.25) is 0 Å². The van der Waals surface area contributed by atoms with Crippen LogP contribution in [0, 0.1) is 0 Å². The zero-order valence-corrected chi connectivity index (χ0v) is 17.5. The fraction of sp³-hybridized carbons (Fsp3) is 0.556. The Morgan fingerprint density at radius 2 is 1.96 bits per heavy atom. The molecule has 0 spiro atoms. The predicted molar refractivity (Wildman–Crippen MR) is 114 cm³/mol. The Morgan fingerprint density at radius 1 is 1.20 bits per heavy atom. The number of nitrogens with zero attached hydrogens (tertiary/aromatic N) is 2. The molecule has 3 N–H and O–H groups in total. The fourth-order valence-electron chi connectivity index (χ4n) is 2.89. The molecule has 140 valence electrons. The van der Waals surface area contributed by atoms with E-state index in [1.807, 2.05) is 24.3 Å². The number of hydrogen-bond donors (Lipinski definition) is 3. The molecule has 1 amide bonds. The van der Waals surface area contributed by atoms with E-state index in [1.54, 1.807) is 14.1 Å². The summed E-state index contributed by atoms with van der Waals surface area (Å²) in [6.45, 7) is 4.99. The Bertz CT molecular complexity index is 558. The molecule has 0 aliphatic carbocycles. The topological polar surface area (TPSA) is 68.8 Å². The minimum atomic E-state index is -0.0686. The Hall–Kier alpha value is -1.35. The summed E-state index contributed by atoms with van der Waals surface area (Å²) >= 11 is 0. The van der Waals surface area contributed by atoms with E-state index in [0.717, 1.165) is 24.6 Å². The average Bonchev–Trinajstić information content (AvgIpc) is 2.65. The maximum atomic E-state index is 11.7. The number of amides is 1. The second-order valence-corrected chi connectivity index (χ2v) is 6.03. The number of likely N-dealkylation sites (tertiary alicyclic amines) is 1. The van der Waals surface area contributed by atoms with Crippen LogP contribution < -0.4 is 16.0 Å². The van der Waals surface area contributed by atoms with E-state index in [0.29, 0.717) is 12.1 Å². The number of carbonyl (C=O) groups is 1. The molecule has 2 rings (SSSR count). The number of piperidine rings is 1. The van der Waals surface area contributed by atoms with Gasteiger partial charge in [0.15, 0.2) is 5.96 Å². The molecule has 0 bridgehead atoms. The molecule has 1 aromatic rings. The monoisotopic (exact) mass is 459 g/mol. The third-order valence-electron chi connectivity index (χ3n) is 4.27. The van der Waals surface area contributed by atoms with Crippen LogP contribution in [0.5, 0.6) is 0 Å². The van der Waals surface area contributed by atoms with E-state index in [4.69, 9.17) is 0 Å². The molecule has 25 heavy (non-hydrogen) atoms. The zero-order chi connectivity index (χ0) is 17.2. The fourth-order valence-corrected chi connectivity index (χ4v) is 2.89. The molecule has 7 heteroatoms. The smallest absolute Gasteiger partial charge is 0.251 e. The largest absolute Gasteiger partial charge is 0.355 e. The Labute approximate surface area is 167 Å². The molecular formula is C18H30IN5O. The van der Waals surface area contributed by atoms with E-state index < -0.39 is 0 Å². The standard InChI is InChI=1S/C18H29N5O.HI/c1-19-17(24)16-8-6-7-15(13-16)14-22-18(20-2)21-9-12-23-10-4-3-5-11-23;/h6-8,13H,3-5,9-12,14H2,1-2H3,(H,19,24)(H2,20,21,22);1H. The van der Waals surface area contributed by atoms with E-state index in [9.17, 15) is 4.79 Å². The number of halogens is 1. The molecule has 1 fully saturated rings. The first-order valence-corrected chi connectivity index (χ1v) is 8.71. The summed E-state index contributed by atoms with van der Waals surface area (Å²) < 4.78 is 0. The summed E-state index contributed by atoms with van der Waals surface area (Å²) in [6.07, 6.45) is 3.99.